The molecular weight excluding hydrogens is 339 g/mol. The van der Waals surface area contributed by atoms with E-state index in [-0.39, 0.29) is 50.3 Å². The van der Waals surface area contributed by atoms with Crippen LogP contribution in [-0.4, -0.2) is 29.7 Å². The van der Waals surface area contributed by atoms with Gasteiger partial charge in [-0.1, -0.05) is 20.4 Å². The Kier molecular flexibility index (Phi) is 11.5. The Labute approximate surface area is 154 Å². The van der Waals surface area contributed by atoms with Crippen molar-refractivity contribution in [1.29, 1.82) is 0 Å². The Morgan fingerprint density at radius 3 is 2.00 bits per heavy atom. The molecule has 0 aromatic rings. The topological polar surface area (TPSA) is 37.4 Å². The Hall–Kier alpha value is -0.0161. The molecule has 2 rings (SSSR count). The molecule has 0 spiro atoms. The van der Waals surface area contributed by atoms with Crippen molar-refractivity contribution in [2.75, 3.05) is 13.1 Å². The summed E-state index contributed by atoms with van der Waals surface area (Å²) in [6, 6.07) is 0. The molecule has 0 aromatic carbocycles. The van der Waals surface area contributed by atoms with E-state index in [1.165, 1.54) is 6.08 Å². The van der Waals surface area contributed by atoms with Gasteiger partial charge in [-0.2, -0.15) is 12.8 Å². The molecule has 2 aliphatic rings. The molecule has 21 heavy (non-hydrogen) atoms. The van der Waals surface area contributed by atoms with Gasteiger partial charge < -0.3 is 11.3 Å². The summed E-state index contributed by atoms with van der Waals surface area (Å²) in [4.78, 5) is 25.8. The summed E-state index contributed by atoms with van der Waals surface area (Å²) in [7, 11) is 0. The van der Waals surface area contributed by atoms with Gasteiger partial charge in [0.2, 0.25) is 5.91 Å². The predicted octanol–water partition coefficient (Wildman–Crippen LogP) is 3.40. The zero-order chi connectivity index (χ0) is 15.0. The largest absolute Gasteiger partial charge is 0.348 e. The number of carbonyl (C=O) groups excluding carboxylic acids is 2. The van der Waals surface area contributed by atoms with E-state index in [1.807, 2.05) is 18.7 Å². The molecule has 1 aliphatic carbocycles. The third-order valence-corrected chi connectivity index (χ3v) is 4.20. The average Bonchev–Trinajstić information content (AvgIpc) is 2.56. The van der Waals surface area contributed by atoms with E-state index in [1.54, 1.807) is 0 Å². The smallest absolute Gasteiger partial charge is 0.225 e. The fourth-order valence-electron chi connectivity index (χ4n) is 3.02. The van der Waals surface area contributed by atoms with Gasteiger partial charge in [-0.25, -0.2) is 0 Å². The summed E-state index contributed by atoms with van der Waals surface area (Å²) >= 11 is 0. The van der Waals surface area contributed by atoms with E-state index in [2.05, 4.69) is 13.0 Å². The molecule has 1 radical (unpaired) electrons. The summed E-state index contributed by atoms with van der Waals surface area (Å²) in [6.45, 7) is 9.29. The standard InChI is InChI=1S/C15H22NO2.C2H6.Y/c1-2-14(17)12-6-8-13(9-7-12)15(18)16-10-4-3-5-11-16;1-2;/h2-3,12-13H,1,4-11H2;1-2H3;/q-1;;. The van der Waals surface area contributed by atoms with E-state index >= 15 is 0 Å². The van der Waals surface area contributed by atoms with Crippen LogP contribution in [0.1, 0.15) is 52.4 Å². The van der Waals surface area contributed by atoms with Crippen molar-refractivity contribution < 1.29 is 42.3 Å². The number of hydrogen-bond donors (Lipinski definition) is 0. The third-order valence-electron chi connectivity index (χ3n) is 4.20. The van der Waals surface area contributed by atoms with Gasteiger partial charge in [0.1, 0.15) is 0 Å². The van der Waals surface area contributed by atoms with Gasteiger partial charge >= 0.3 is 0 Å². The number of amides is 1. The first kappa shape index (κ1) is 21.0. The minimum Gasteiger partial charge on any atom is -0.348 e. The molecule has 0 N–H and O–H groups in total. The van der Waals surface area contributed by atoms with Crippen LogP contribution in [0.5, 0.6) is 0 Å². The van der Waals surface area contributed by atoms with Crippen LogP contribution in [0.25, 0.3) is 0 Å². The van der Waals surface area contributed by atoms with Gasteiger partial charge in [0.05, 0.1) is 0 Å². The summed E-state index contributed by atoms with van der Waals surface area (Å²) in [5.41, 5.74) is 0. The first-order valence-electron chi connectivity index (χ1n) is 7.99. The maximum absolute atomic E-state index is 12.3. The molecule has 4 heteroatoms. The second-order valence-corrected chi connectivity index (χ2v) is 5.35. The van der Waals surface area contributed by atoms with E-state index in [9.17, 15) is 9.59 Å². The molecule has 1 aliphatic heterocycles. The van der Waals surface area contributed by atoms with Crippen molar-refractivity contribution in [1.82, 2.24) is 4.90 Å². The molecule has 0 unspecified atom stereocenters. The van der Waals surface area contributed by atoms with E-state index < -0.39 is 0 Å². The molecule has 117 valence electrons. The molecule has 3 nitrogen and oxygen atoms in total. The first-order chi connectivity index (χ1) is 9.72. The van der Waals surface area contributed by atoms with Crippen LogP contribution >= 0.6 is 0 Å². The summed E-state index contributed by atoms with van der Waals surface area (Å²) in [5, 5.41) is 0. The predicted molar refractivity (Wildman–Crippen MR) is 82.1 cm³/mol. The SMILES string of the molecule is C=CC(=O)C1CCC(C(=O)N2CC[CH-]CC2)CC1.CC.[Y]. The van der Waals surface area contributed by atoms with Crippen molar-refractivity contribution in [3.63, 3.8) is 0 Å². The Balaban J connectivity index is 0.00000128. The van der Waals surface area contributed by atoms with Crippen LogP contribution in [-0.2, 0) is 42.3 Å². The quantitative estimate of drug-likeness (QED) is 0.566. The number of hydrogen-bond acceptors (Lipinski definition) is 2. The molecular formula is C17H28NO2Y-. The molecule has 1 saturated heterocycles. The van der Waals surface area contributed by atoms with Gasteiger partial charge in [-0.15, -0.1) is 0 Å². The van der Waals surface area contributed by atoms with Crippen LogP contribution in [0.3, 0.4) is 0 Å². The van der Waals surface area contributed by atoms with Crippen molar-refractivity contribution in [2.45, 2.75) is 52.4 Å². The number of allylic oxidation sites excluding steroid dienone is 1. The van der Waals surface area contributed by atoms with Gasteiger partial charge in [-0.3, -0.25) is 9.59 Å². The van der Waals surface area contributed by atoms with Gasteiger partial charge in [0.25, 0.3) is 0 Å². The third kappa shape index (κ3) is 6.32. The minimum absolute atomic E-state index is 0. The fraction of sp³-hybridized carbons (Fsp3) is 0.706. The Bertz CT molecular complexity index is 330. The van der Waals surface area contributed by atoms with E-state index in [0.717, 1.165) is 51.6 Å². The summed E-state index contributed by atoms with van der Waals surface area (Å²) in [5.74, 6) is 0.722. The number of nitrogens with zero attached hydrogens (tertiary/aromatic N) is 1. The van der Waals surface area contributed by atoms with Crippen LogP contribution in [0, 0.1) is 18.3 Å². The first-order valence-corrected chi connectivity index (χ1v) is 7.99. The van der Waals surface area contributed by atoms with E-state index in [0.29, 0.717) is 5.91 Å². The molecule has 1 amide bonds. The monoisotopic (exact) mass is 367 g/mol. The average molecular weight is 367 g/mol. The second-order valence-electron chi connectivity index (χ2n) is 5.35. The van der Waals surface area contributed by atoms with Crippen LogP contribution in [0.15, 0.2) is 12.7 Å². The Morgan fingerprint density at radius 2 is 1.52 bits per heavy atom. The van der Waals surface area contributed by atoms with Crippen molar-refractivity contribution in [3.8, 4) is 0 Å². The number of ketones is 1. The number of likely N-dealkylation sites (tertiary alicyclic amines) is 1. The normalized spacial score (nSPS) is 25.0. The second kappa shape index (κ2) is 11.5. The molecule has 1 saturated carbocycles. The molecule has 1 heterocycles. The molecule has 0 atom stereocenters. The van der Waals surface area contributed by atoms with Crippen LogP contribution < -0.4 is 0 Å². The van der Waals surface area contributed by atoms with Crippen molar-refractivity contribution in [3.05, 3.63) is 19.1 Å². The summed E-state index contributed by atoms with van der Waals surface area (Å²) in [6.07, 6.45) is 9.15. The molecule has 0 bridgehead atoms. The van der Waals surface area contributed by atoms with Gasteiger partial charge in [0.15, 0.2) is 5.78 Å². The maximum Gasteiger partial charge on any atom is 0.225 e. The van der Waals surface area contributed by atoms with Crippen LogP contribution in [0.4, 0.5) is 0 Å². The summed E-state index contributed by atoms with van der Waals surface area (Å²) < 4.78 is 0. The van der Waals surface area contributed by atoms with Crippen LogP contribution in [0.2, 0.25) is 0 Å². The zero-order valence-electron chi connectivity index (χ0n) is 13.5. The van der Waals surface area contributed by atoms with Gasteiger partial charge in [0, 0.05) is 44.5 Å². The van der Waals surface area contributed by atoms with Gasteiger partial charge in [-0.05, 0) is 44.8 Å². The van der Waals surface area contributed by atoms with E-state index in [4.69, 9.17) is 0 Å². The fourth-order valence-corrected chi connectivity index (χ4v) is 3.02. The number of rotatable bonds is 3. The molecule has 0 aromatic heterocycles. The number of piperidine rings is 1. The molecule has 2 fully saturated rings. The maximum atomic E-state index is 12.3. The zero-order valence-corrected chi connectivity index (χ0v) is 16.4. The number of carbonyl (C=O) groups is 2. The minimum atomic E-state index is 0. The Morgan fingerprint density at radius 1 is 1.05 bits per heavy atom. The van der Waals surface area contributed by atoms with Crippen molar-refractivity contribution >= 4 is 11.7 Å². The van der Waals surface area contributed by atoms with Crippen molar-refractivity contribution in [2.24, 2.45) is 11.8 Å².